The first-order valence-corrected chi connectivity index (χ1v) is 9.88. The molecule has 2 aromatic heterocycles. The van der Waals surface area contributed by atoms with E-state index < -0.39 is 0 Å². The number of pyridine rings is 1. The van der Waals surface area contributed by atoms with Gasteiger partial charge in [-0.05, 0) is 39.7 Å². The number of para-hydroxylation sites is 1. The van der Waals surface area contributed by atoms with Gasteiger partial charge in [0.25, 0.3) is 0 Å². The number of nitrogens with one attached hydrogen (secondary N) is 3. The van der Waals surface area contributed by atoms with Crippen LogP contribution in [0.5, 0.6) is 0 Å². The fraction of sp³-hybridized carbons (Fsp3) is 0.250. The zero-order chi connectivity index (χ0) is 19.5. The number of carbonyl (C=O) groups is 1. The van der Waals surface area contributed by atoms with E-state index in [1.165, 1.54) is 0 Å². The maximum absolute atomic E-state index is 12.0. The Kier molecular flexibility index (Phi) is 5.29. The number of carbonyl (C=O) groups excluding carboxylic acids is 1. The van der Waals surface area contributed by atoms with Crippen LogP contribution in [0.3, 0.4) is 0 Å². The van der Waals surface area contributed by atoms with E-state index in [0.717, 1.165) is 27.1 Å². The number of benzene rings is 1. The van der Waals surface area contributed by atoms with Gasteiger partial charge in [0, 0.05) is 48.5 Å². The maximum atomic E-state index is 12.0. The largest absolute Gasteiger partial charge is 0.356 e. The summed E-state index contributed by atoms with van der Waals surface area (Å²) >= 11 is 3.47. The highest BCUT2D eigenvalue weighted by atomic mass is 79.9. The van der Waals surface area contributed by atoms with Crippen molar-refractivity contribution < 1.29 is 4.79 Å². The Bertz CT molecular complexity index is 1040. The number of imidazole rings is 1. The van der Waals surface area contributed by atoms with Crippen LogP contribution in [0.1, 0.15) is 23.6 Å². The van der Waals surface area contributed by atoms with Gasteiger partial charge in [-0.15, -0.1) is 0 Å². The minimum absolute atomic E-state index is 0.0457. The Balaban J connectivity index is 1.38. The molecule has 1 amide bonds. The number of nitrogens with zero attached hydrogens (tertiary/aromatic N) is 3. The summed E-state index contributed by atoms with van der Waals surface area (Å²) in [4.78, 5) is 20.8. The summed E-state index contributed by atoms with van der Waals surface area (Å²) in [6, 6.07) is 11.9. The number of hydrogen-bond acceptors (Lipinski definition) is 3. The van der Waals surface area contributed by atoms with Gasteiger partial charge in [-0.25, -0.2) is 4.98 Å². The lowest BCUT2D eigenvalue weighted by atomic mass is 9.90. The molecule has 144 valence electrons. The van der Waals surface area contributed by atoms with Crippen LogP contribution in [0.25, 0.3) is 5.65 Å². The van der Waals surface area contributed by atoms with Crippen LogP contribution in [0.2, 0.25) is 0 Å². The predicted molar refractivity (Wildman–Crippen MR) is 114 cm³/mol. The van der Waals surface area contributed by atoms with E-state index in [1.54, 1.807) is 7.05 Å². The third kappa shape index (κ3) is 4.01. The number of anilines is 1. The molecule has 4 rings (SSSR count). The van der Waals surface area contributed by atoms with Gasteiger partial charge in [-0.1, -0.05) is 18.2 Å². The third-order valence-corrected chi connectivity index (χ3v) is 5.22. The van der Waals surface area contributed by atoms with Crippen molar-refractivity contribution >= 4 is 39.1 Å². The lowest BCUT2D eigenvalue weighted by molar-refractivity contribution is -0.116. The van der Waals surface area contributed by atoms with Crippen LogP contribution < -0.4 is 16.0 Å². The molecule has 0 bridgehead atoms. The quantitative estimate of drug-likeness (QED) is 0.430. The van der Waals surface area contributed by atoms with Gasteiger partial charge in [-0.2, -0.15) is 0 Å². The highest BCUT2D eigenvalue weighted by Gasteiger charge is 2.24. The number of halogens is 1. The monoisotopic (exact) mass is 440 g/mol. The first-order chi connectivity index (χ1) is 13.6. The summed E-state index contributed by atoms with van der Waals surface area (Å²) in [6.07, 6.45) is 4.43. The van der Waals surface area contributed by atoms with Crippen molar-refractivity contribution in [2.24, 2.45) is 4.99 Å². The van der Waals surface area contributed by atoms with Gasteiger partial charge in [0.05, 0.1) is 12.2 Å². The topological polar surface area (TPSA) is 82.8 Å². The van der Waals surface area contributed by atoms with Gasteiger partial charge in [0.1, 0.15) is 5.65 Å². The van der Waals surface area contributed by atoms with Crippen molar-refractivity contribution in [3.05, 3.63) is 64.5 Å². The minimum atomic E-state index is 0.0457. The molecule has 1 aromatic carbocycles. The normalized spacial score (nSPS) is 16.6. The molecule has 0 radical (unpaired) electrons. The number of fused-ring (bicyclic) bond motifs is 2. The molecule has 3 N–H and O–H groups in total. The van der Waals surface area contributed by atoms with Crippen LogP contribution in [0.4, 0.5) is 5.69 Å². The van der Waals surface area contributed by atoms with Crippen LogP contribution in [0, 0.1) is 0 Å². The smallest absolute Gasteiger partial charge is 0.225 e. The highest BCUT2D eigenvalue weighted by molar-refractivity contribution is 9.10. The zero-order valence-corrected chi connectivity index (χ0v) is 17.0. The van der Waals surface area contributed by atoms with E-state index in [4.69, 9.17) is 0 Å². The Morgan fingerprint density at radius 1 is 1.29 bits per heavy atom. The second-order valence-electron chi connectivity index (χ2n) is 6.69. The van der Waals surface area contributed by atoms with E-state index >= 15 is 0 Å². The summed E-state index contributed by atoms with van der Waals surface area (Å²) in [5.41, 5.74) is 3.86. The summed E-state index contributed by atoms with van der Waals surface area (Å²) in [7, 11) is 1.73. The number of hydrogen-bond donors (Lipinski definition) is 3. The lowest BCUT2D eigenvalue weighted by Crippen LogP contribution is -2.40. The minimum Gasteiger partial charge on any atom is -0.356 e. The molecule has 0 spiro atoms. The van der Waals surface area contributed by atoms with Crippen molar-refractivity contribution in [2.45, 2.75) is 18.9 Å². The molecule has 0 fully saturated rings. The van der Waals surface area contributed by atoms with Crippen molar-refractivity contribution in [3.8, 4) is 0 Å². The summed E-state index contributed by atoms with van der Waals surface area (Å²) < 4.78 is 2.99. The van der Waals surface area contributed by atoms with Crippen LogP contribution in [-0.2, 0) is 11.3 Å². The first kappa shape index (κ1) is 18.5. The lowest BCUT2D eigenvalue weighted by Gasteiger charge is -2.26. The molecule has 1 aliphatic heterocycles. The predicted octanol–water partition coefficient (Wildman–Crippen LogP) is 2.89. The van der Waals surface area contributed by atoms with E-state index in [1.807, 2.05) is 47.1 Å². The van der Waals surface area contributed by atoms with Gasteiger partial charge in [0.2, 0.25) is 5.91 Å². The fourth-order valence-electron chi connectivity index (χ4n) is 3.40. The average Bonchev–Trinajstić information content (AvgIpc) is 3.09. The van der Waals surface area contributed by atoms with Crippen molar-refractivity contribution in [1.82, 2.24) is 20.0 Å². The Morgan fingerprint density at radius 2 is 2.14 bits per heavy atom. The number of amides is 1. The second kappa shape index (κ2) is 8.02. The Hall–Kier alpha value is -2.87. The van der Waals surface area contributed by atoms with E-state index in [9.17, 15) is 4.79 Å². The van der Waals surface area contributed by atoms with Crippen molar-refractivity contribution in [1.29, 1.82) is 0 Å². The summed E-state index contributed by atoms with van der Waals surface area (Å²) in [5.74, 6) is 0.835. The van der Waals surface area contributed by atoms with Gasteiger partial charge in [-0.3, -0.25) is 9.79 Å². The fourth-order valence-corrected chi connectivity index (χ4v) is 3.75. The van der Waals surface area contributed by atoms with E-state index in [-0.39, 0.29) is 11.8 Å². The van der Waals surface area contributed by atoms with Crippen LogP contribution >= 0.6 is 15.9 Å². The molecule has 0 saturated heterocycles. The number of rotatable bonds is 4. The number of aromatic nitrogens is 2. The molecule has 7 nitrogen and oxygen atoms in total. The van der Waals surface area contributed by atoms with E-state index in [2.05, 4.69) is 47.9 Å². The first-order valence-electron chi connectivity index (χ1n) is 9.09. The third-order valence-electron chi connectivity index (χ3n) is 4.75. The van der Waals surface area contributed by atoms with Crippen molar-refractivity contribution in [3.63, 3.8) is 0 Å². The number of aliphatic imine (C=N–C) groups is 1. The molecule has 1 aliphatic rings. The maximum Gasteiger partial charge on any atom is 0.225 e. The zero-order valence-electron chi connectivity index (χ0n) is 15.4. The number of guanidine groups is 1. The molecule has 3 heterocycles. The highest BCUT2D eigenvalue weighted by Crippen LogP contribution is 2.31. The van der Waals surface area contributed by atoms with Crippen molar-refractivity contribution in [2.75, 3.05) is 18.9 Å². The molecule has 3 aromatic rings. The molecule has 1 atom stereocenters. The molecular weight excluding hydrogens is 420 g/mol. The summed E-state index contributed by atoms with van der Waals surface area (Å²) in [6.45, 7) is 1.18. The van der Waals surface area contributed by atoms with Gasteiger partial charge in [0.15, 0.2) is 5.96 Å². The van der Waals surface area contributed by atoms with E-state index in [0.29, 0.717) is 25.5 Å². The van der Waals surface area contributed by atoms with Crippen LogP contribution in [-0.4, -0.2) is 34.8 Å². The molecule has 28 heavy (non-hydrogen) atoms. The standard InChI is InChI=1S/C20H21BrN6O/c1-22-20(24-10-15-12-27-11-14(21)6-7-18(27)25-15)23-9-13-8-19(28)26-17-5-3-2-4-16(13)17/h2-7,11-13H,8-10H2,1H3,(H,26,28)(H2,22,23,24). The SMILES string of the molecule is CN=C(NCc1cn2cc(Br)ccc2n1)NCC1CC(=O)Nc2ccccc21. The second-order valence-corrected chi connectivity index (χ2v) is 7.60. The Morgan fingerprint density at radius 3 is 3.00 bits per heavy atom. The molecule has 0 aliphatic carbocycles. The van der Waals surface area contributed by atoms with Gasteiger partial charge >= 0.3 is 0 Å². The summed E-state index contributed by atoms with van der Waals surface area (Å²) in [5, 5.41) is 9.55. The Labute approximate surface area is 171 Å². The molecule has 0 saturated carbocycles. The molecular formula is C20H21BrN6O. The van der Waals surface area contributed by atoms with Crippen LogP contribution in [0.15, 0.2) is 58.3 Å². The van der Waals surface area contributed by atoms with Gasteiger partial charge < -0.3 is 20.4 Å². The molecule has 8 heteroatoms. The average molecular weight is 441 g/mol. The molecule has 1 unspecified atom stereocenters.